The average molecular weight is 142 g/mol. The number of nitrogens with zero attached hydrogens (tertiary/aromatic N) is 1. The minimum absolute atomic E-state index is 0.906. The quantitative estimate of drug-likeness (QED) is 0.343. The second kappa shape index (κ2) is 6.78. The van der Waals surface area contributed by atoms with E-state index in [9.17, 15) is 0 Å². The van der Waals surface area contributed by atoms with Crippen LogP contribution in [0.15, 0.2) is 12.7 Å². The number of hydrogen-bond acceptors (Lipinski definition) is 2. The fraction of sp³-hybridized carbons (Fsp3) is 0.750. The Morgan fingerprint density at radius 3 is 2.80 bits per heavy atom. The van der Waals surface area contributed by atoms with Crippen LogP contribution in [0.1, 0.15) is 19.8 Å². The average Bonchev–Trinajstić information content (AvgIpc) is 1.89. The van der Waals surface area contributed by atoms with Crippen LogP contribution in [-0.2, 0) is 0 Å². The summed E-state index contributed by atoms with van der Waals surface area (Å²) in [6, 6.07) is 0. The van der Waals surface area contributed by atoms with E-state index in [0.29, 0.717) is 0 Å². The summed E-state index contributed by atoms with van der Waals surface area (Å²) in [6.45, 7) is 7.81. The molecule has 0 rings (SSSR count). The van der Waals surface area contributed by atoms with Gasteiger partial charge < -0.3 is 0 Å². The highest BCUT2D eigenvalue weighted by Crippen LogP contribution is 1.83. The molecule has 0 amide bonds. The predicted octanol–water partition coefficient (Wildman–Crippen LogP) is 1.41. The fourth-order valence-electron chi connectivity index (χ4n) is 0.705. The van der Waals surface area contributed by atoms with Gasteiger partial charge in [-0.3, -0.25) is 5.43 Å². The summed E-state index contributed by atoms with van der Waals surface area (Å²) in [7, 11) is 2.03. The Bertz CT molecular complexity index is 81.3. The Hall–Kier alpha value is -0.340. The Balaban J connectivity index is 3.04. The zero-order chi connectivity index (χ0) is 7.82. The summed E-state index contributed by atoms with van der Waals surface area (Å²) in [5, 5.41) is 2.04. The smallest absolute Gasteiger partial charge is 0.0305 e. The van der Waals surface area contributed by atoms with Crippen molar-refractivity contribution < 1.29 is 0 Å². The van der Waals surface area contributed by atoms with Crippen molar-refractivity contribution in [3.05, 3.63) is 12.7 Å². The van der Waals surface area contributed by atoms with Crippen molar-refractivity contribution in [1.29, 1.82) is 0 Å². The molecular formula is C8H18N2. The first kappa shape index (κ1) is 9.66. The van der Waals surface area contributed by atoms with E-state index in [0.717, 1.165) is 13.1 Å². The van der Waals surface area contributed by atoms with Crippen LogP contribution in [0, 0.1) is 0 Å². The summed E-state index contributed by atoms with van der Waals surface area (Å²) < 4.78 is 0. The maximum Gasteiger partial charge on any atom is 0.0305 e. The molecule has 0 aromatic rings. The van der Waals surface area contributed by atoms with Crippen molar-refractivity contribution in [1.82, 2.24) is 10.4 Å². The highest BCUT2D eigenvalue weighted by atomic mass is 15.5. The summed E-state index contributed by atoms with van der Waals surface area (Å²) in [5.74, 6) is 0. The molecule has 60 valence electrons. The van der Waals surface area contributed by atoms with E-state index in [1.54, 1.807) is 0 Å². The van der Waals surface area contributed by atoms with Gasteiger partial charge in [-0.25, -0.2) is 5.01 Å². The van der Waals surface area contributed by atoms with E-state index >= 15 is 0 Å². The van der Waals surface area contributed by atoms with Gasteiger partial charge in [-0.2, -0.15) is 0 Å². The normalized spacial score (nSPS) is 10.3. The van der Waals surface area contributed by atoms with E-state index in [-0.39, 0.29) is 0 Å². The van der Waals surface area contributed by atoms with Gasteiger partial charge in [0.15, 0.2) is 0 Å². The first-order valence-corrected chi connectivity index (χ1v) is 3.86. The third-order valence-electron chi connectivity index (χ3n) is 1.32. The molecule has 0 aliphatic carbocycles. The van der Waals surface area contributed by atoms with Crippen LogP contribution in [0.4, 0.5) is 0 Å². The fourth-order valence-corrected chi connectivity index (χ4v) is 0.705. The van der Waals surface area contributed by atoms with Crippen LogP contribution in [0.5, 0.6) is 0 Å². The van der Waals surface area contributed by atoms with Gasteiger partial charge in [-0.05, 0) is 6.42 Å². The van der Waals surface area contributed by atoms with E-state index in [1.165, 1.54) is 12.8 Å². The largest absolute Gasteiger partial charge is 0.255 e. The predicted molar refractivity (Wildman–Crippen MR) is 45.7 cm³/mol. The van der Waals surface area contributed by atoms with Crippen molar-refractivity contribution in [2.75, 3.05) is 20.1 Å². The molecule has 2 nitrogen and oxygen atoms in total. The summed E-state index contributed by atoms with van der Waals surface area (Å²) >= 11 is 0. The van der Waals surface area contributed by atoms with Crippen LogP contribution < -0.4 is 5.43 Å². The molecule has 0 fully saturated rings. The molecule has 0 aliphatic heterocycles. The summed E-state index contributed by atoms with van der Waals surface area (Å²) in [6.07, 6.45) is 4.37. The maximum absolute atomic E-state index is 3.65. The molecule has 0 radical (unpaired) electrons. The van der Waals surface area contributed by atoms with Gasteiger partial charge in [-0.15, -0.1) is 6.58 Å². The molecule has 0 saturated heterocycles. The lowest BCUT2D eigenvalue weighted by atomic mass is 10.3. The molecule has 0 unspecified atom stereocenters. The number of nitrogens with one attached hydrogen (secondary N) is 1. The van der Waals surface area contributed by atoms with Gasteiger partial charge >= 0.3 is 0 Å². The molecule has 0 atom stereocenters. The van der Waals surface area contributed by atoms with Crippen molar-refractivity contribution >= 4 is 0 Å². The summed E-state index contributed by atoms with van der Waals surface area (Å²) in [5.41, 5.74) is 3.25. The SMILES string of the molecule is C=CCN(C)NCCCC. The van der Waals surface area contributed by atoms with Gasteiger partial charge in [-0.1, -0.05) is 19.4 Å². The second-order valence-electron chi connectivity index (χ2n) is 2.43. The molecule has 0 aromatic heterocycles. The minimum atomic E-state index is 0.906. The first-order chi connectivity index (χ1) is 4.81. The van der Waals surface area contributed by atoms with Crippen LogP contribution >= 0.6 is 0 Å². The molecule has 0 aliphatic rings. The zero-order valence-electron chi connectivity index (χ0n) is 7.06. The Kier molecular flexibility index (Phi) is 6.55. The van der Waals surface area contributed by atoms with Crippen molar-refractivity contribution in [2.45, 2.75) is 19.8 Å². The Morgan fingerprint density at radius 1 is 1.60 bits per heavy atom. The summed E-state index contributed by atoms with van der Waals surface area (Å²) in [4.78, 5) is 0. The monoisotopic (exact) mass is 142 g/mol. The standard InChI is InChI=1S/C8H18N2/c1-4-6-7-9-10(3)8-5-2/h5,9H,2,4,6-8H2,1,3H3. The molecule has 10 heavy (non-hydrogen) atoms. The van der Waals surface area contributed by atoms with Gasteiger partial charge in [0.25, 0.3) is 0 Å². The maximum atomic E-state index is 3.65. The molecule has 0 spiro atoms. The Labute approximate surface area is 63.9 Å². The molecule has 0 heterocycles. The highest BCUT2D eigenvalue weighted by Gasteiger charge is 1.90. The van der Waals surface area contributed by atoms with Crippen molar-refractivity contribution in [2.24, 2.45) is 0 Å². The lowest BCUT2D eigenvalue weighted by Crippen LogP contribution is -2.34. The van der Waals surface area contributed by atoms with E-state index in [4.69, 9.17) is 0 Å². The Morgan fingerprint density at radius 2 is 2.30 bits per heavy atom. The molecule has 0 saturated carbocycles. The molecule has 0 bridgehead atoms. The number of rotatable bonds is 6. The van der Waals surface area contributed by atoms with Crippen molar-refractivity contribution in [3.63, 3.8) is 0 Å². The second-order valence-corrected chi connectivity index (χ2v) is 2.43. The zero-order valence-corrected chi connectivity index (χ0v) is 7.06. The number of hydrogen-bond donors (Lipinski definition) is 1. The number of hydrazine groups is 1. The topological polar surface area (TPSA) is 15.3 Å². The number of likely N-dealkylation sites (N-methyl/N-ethyl adjacent to an activating group) is 1. The highest BCUT2D eigenvalue weighted by molar-refractivity contribution is 4.68. The van der Waals surface area contributed by atoms with Gasteiger partial charge in [0.1, 0.15) is 0 Å². The number of unbranched alkanes of at least 4 members (excludes halogenated alkanes) is 1. The van der Waals surface area contributed by atoms with E-state index < -0.39 is 0 Å². The third-order valence-corrected chi connectivity index (χ3v) is 1.32. The molecule has 1 N–H and O–H groups in total. The first-order valence-electron chi connectivity index (χ1n) is 3.86. The van der Waals surface area contributed by atoms with Crippen molar-refractivity contribution in [3.8, 4) is 0 Å². The molecule has 0 aromatic carbocycles. The van der Waals surface area contributed by atoms with Gasteiger partial charge in [0.05, 0.1) is 0 Å². The van der Waals surface area contributed by atoms with Gasteiger partial charge in [0.2, 0.25) is 0 Å². The van der Waals surface area contributed by atoms with Crippen LogP contribution in [0.25, 0.3) is 0 Å². The molecular weight excluding hydrogens is 124 g/mol. The minimum Gasteiger partial charge on any atom is -0.255 e. The third kappa shape index (κ3) is 5.79. The van der Waals surface area contributed by atoms with E-state index in [1.807, 2.05) is 18.1 Å². The van der Waals surface area contributed by atoms with Gasteiger partial charge in [0, 0.05) is 20.1 Å². The van der Waals surface area contributed by atoms with E-state index in [2.05, 4.69) is 18.9 Å². The lowest BCUT2D eigenvalue weighted by Gasteiger charge is -2.14. The lowest BCUT2D eigenvalue weighted by molar-refractivity contribution is 0.259. The molecule has 2 heteroatoms. The van der Waals surface area contributed by atoms with Crippen LogP contribution in [0.3, 0.4) is 0 Å². The van der Waals surface area contributed by atoms with Crippen LogP contribution in [-0.4, -0.2) is 25.1 Å². The van der Waals surface area contributed by atoms with Crippen LogP contribution in [0.2, 0.25) is 0 Å².